The van der Waals surface area contributed by atoms with Gasteiger partial charge in [-0.2, -0.15) is 0 Å². The summed E-state index contributed by atoms with van der Waals surface area (Å²) in [5, 5.41) is 3.14. The first kappa shape index (κ1) is 19.6. The molecular formula is C22H28FN5O. The Morgan fingerprint density at radius 1 is 1.00 bits per heavy atom. The van der Waals surface area contributed by atoms with Crippen LogP contribution in [0.4, 0.5) is 16.0 Å². The molecule has 1 N–H and O–H groups in total. The monoisotopic (exact) mass is 397 g/mol. The Labute approximate surface area is 171 Å². The molecule has 1 saturated carbocycles. The molecule has 2 aliphatic rings. The number of aromatic nitrogens is 2. The number of nitrogens with zero attached hydrogens (tertiary/aromatic N) is 4. The lowest BCUT2D eigenvalue weighted by Gasteiger charge is -2.36. The zero-order chi connectivity index (χ0) is 20.2. The first-order valence-electron chi connectivity index (χ1n) is 10.5. The second kappa shape index (κ2) is 8.76. The molecule has 0 radical (unpaired) electrons. The van der Waals surface area contributed by atoms with E-state index in [-0.39, 0.29) is 17.8 Å². The number of amides is 1. The Balaban J connectivity index is 1.41. The molecule has 1 saturated heterocycles. The van der Waals surface area contributed by atoms with E-state index in [4.69, 9.17) is 0 Å². The lowest BCUT2D eigenvalue weighted by Crippen LogP contribution is -2.47. The van der Waals surface area contributed by atoms with Crippen LogP contribution in [-0.2, 0) is 0 Å². The van der Waals surface area contributed by atoms with E-state index in [1.165, 1.54) is 31.4 Å². The van der Waals surface area contributed by atoms with Crippen LogP contribution in [0.15, 0.2) is 30.3 Å². The second-order valence-corrected chi connectivity index (χ2v) is 7.95. The zero-order valence-corrected chi connectivity index (χ0v) is 16.9. The van der Waals surface area contributed by atoms with Gasteiger partial charge in [0.25, 0.3) is 5.91 Å². The predicted molar refractivity (Wildman–Crippen MR) is 112 cm³/mol. The highest BCUT2D eigenvalue weighted by molar-refractivity contribution is 5.92. The van der Waals surface area contributed by atoms with Crippen LogP contribution < -0.4 is 15.1 Å². The van der Waals surface area contributed by atoms with Crippen LogP contribution in [-0.4, -0.2) is 48.1 Å². The molecule has 0 atom stereocenters. The summed E-state index contributed by atoms with van der Waals surface area (Å²) in [6.07, 6.45) is 5.71. The number of halogens is 1. The average molecular weight is 397 g/mol. The normalized spacial score (nSPS) is 18.0. The highest BCUT2D eigenvalue weighted by Gasteiger charge is 2.22. The molecule has 154 valence electrons. The third-order valence-electron chi connectivity index (χ3n) is 5.77. The molecule has 6 nitrogen and oxygen atoms in total. The van der Waals surface area contributed by atoms with Crippen LogP contribution in [0.5, 0.6) is 0 Å². The van der Waals surface area contributed by atoms with Gasteiger partial charge in [-0.3, -0.25) is 4.79 Å². The van der Waals surface area contributed by atoms with Crippen molar-refractivity contribution in [1.82, 2.24) is 15.3 Å². The van der Waals surface area contributed by atoms with Crippen LogP contribution in [0.3, 0.4) is 0 Å². The van der Waals surface area contributed by atoms with E-state index < -0.39 is 0 Å². The maximum Gasteiger partial charge on any atom is 0.270 e. The molecule has 0 bridgehead atoms. The number of benzene rings is 1. The van der Waals surface area contributed by atoms with Crippen molar-refractivity contribution >= 4 is 17.5 Å². The van der Waals surface area contributed by atoms with Gasteiger partial charge < -0.3 is 15.1 Å². The van der Waals surface area contributed by atoms with Gasteiger partial charge in [0.2, 0.25) is 5.95 Å². The fourth-order valence-electron chi connectivity index (χ4n) is 4.13. The molecule has 1 aromatic carbocycles. The van der Waals surface area contributed by atoms with E-state index >= 15 is 0 Å². The Morgan fingerprint density at radius 3 is 2.34 bits per heavy atom. The molecule has 1 aliphatic carbocycles. The molecule has 1 amide bonds. The minimum atomic E-state index is -0.223. The first-order valence-corrected chi connectivity index (χ1v) is 10.5. The summed E-state index contributed by atoms with van der Waals surface area (Å²) in [5.74, 6) is 0.283. The van der Waals surface area contributed by atoms with Gasteiger partial charge in [0.05, 0.1) is 0 Å². The maximum atomic E-state index is 13.2. The van der Waals surface area contributed by atoms with Crippen LogP contribution in [0, 0.1) is 12.7 Å². The lowest BCUT2D eigenvalue weighted by molar-refractivity contribution is 0.0922. The van der Waals surface area contributed by atoms with Gasteiger partial charge in [0, 0.05) is 43.6 Å². The average Bonchev–Trinajstić information content (AvgIpc) is 2.75. The number of hydrogen-bond acceptors (Lipinski definition) is 5. The smallest absolute Gasteiger partial charge is 0.270 e. The molecule has 1 aromatic heterocycles. The Morgan fingerprint density at radius 2 is 1.66 bits per heavy atom. The van der Waals surface area contributed by atoms with E-state index in [1.54, 1.807) is 6.07 Å². The van der Waals surface area contributed by atoms with Gasteiger partial charge in [0.15, 0.2) is 0 Å². The number of carbonyl (C=O) groups excluding carboxylic acids is 1. The molecule has 2 heterocycles. The number of carbonyl (C=O) groups is 1. The fraction of sp³-hybridized carbons (Fsp3) is 0.500. The van der Waals surface area contributed by atoms with Gasteiger partial charge in [-0.15, -0.1) is 0 Å². The number of nitrogens with one attached hydrogen (secondary N) is 1. The van der Waals surface area contributed by atoms with Crippen molar-refractivity contribution in [2.45, 2.75) is 45.1 Å². The number of hydrogen-bond donors (Lipinski definition) is 1. The third kappa shape index (κ3) is 4.83. The Hall–Kier alpha value is -2.70. The summed E-state index contributed by atoms with van der Waals surface area (Å²) >= 11 is 0. The first-order chi connectivity index (χ1) is 14.1. The van der Waals surface area contributed by atoms with E-state index in [9.17, 15) is 9.18 Å². The maximum absolute atomic E-state index is 13.2. The number of piperazine rings is 1. The van der Waals surface area contributed by atoms with Crippen molar-refractivity contribution < 1.29 is 9.18 Å². The molecule has 29 heavy (non-hydrogen) atoms. The Bertz CT molecular complexity index is 843. The number of anilines is 2. The van der Waals surface area contributed by atoms with E-state index in [1.807, 2.05) is 19.1 Å². The van der Waals surface area contributed by atoms with Crippen molar-refractivity contribution in [3.63, 3.8) is 0 Å². The third-order valence-corrected chi connectivity index (χ3v) is 5.77. The van der Waals surface area contributed by atoms with E-state index in [0.717, 1.165) is 50.4 Å². The Kier molecular flexibility index (Phi) is 5.92. The quantitative estimate of drug-likeness (QED) is 0.858. The molecule has 1 aliphatic heterocycles. The van der Waals surface area contributed by atoms with Crippen molar-refractivity contribution in [3.8, 4) is 0 Å². The summed E-state index contributed by atoms with van der Waals surface area (Å²) in [7, 11) is 0. The molecule has 0 spiro atoms. The van der Waals surface area contributed by atoms with Gasteiger partial charge in [-0.25, -0.2) is 14.4 Å². The van der Waals surface area contributed by atoms with Crippen molar-refractivity contribution in [2.24, 2.45) is 0 Å². The summed E-state index contributed by atoms with van der Waals surface area (Å²) in [6.45, 7) is 5.01. The SMILES string of the molecule is Cc1cc(C(=O)NC2CCCCC2)nc(N2CCN(c3ccc(F)cc3)CC2)n1. The summed E-state index contributed by atoms with van der Waals surface area (Å²) < 4.78 is 13.2. The molecule has 2 fully saturated rings. The van der Waals surface area contributed by atoms with Crippen LogP contribution >= 0.6 is 0 Å². The van der Waals surface area contributed by atoms with Gasteiger partial charge in [-0.1, -0.05) is 19.3 Å². The fourth-order valence-corrected chi connectivity index (χ4v) is 4.13. The lowest BCUT2D eigenvalue weighted by atomic mass is 9.95. The van der Waals surface area contributed by atoms with Gasteiger partial charge >= 0.3 is 0 Å². The molecule has 2 aromatic rings. The predicted octanol–water partition coefficient (Wildman–Crippen LogP) is 3.31. The molecular weight excluding hydrogens is 369 g/mol. The van der Waals surface area contributed by atoms with E-state index in [2.05, 4.69) is 25.1 Å². The van der Waals surface area contributed by atoms with Crippen molar-refractivity contribution in [2.75, 3.05) is 36.0 Å². The van der Waals surface area contributed by atoms with Gasteiger partial charge in [0.1, 0.15) is 11.5 Å². The largest absolute Gasteiger partial charge is 0.368 e. The van der Waals surface area contributed by atoms with Crippen LogP contribution in [0.2, 0.25) is 0 Å². The standard InChI is InChI=1S/C22H28FN5O/c1-16-15-20(21(29)25-18-5-3-2-4-6-18)26-22(24-16)28-13-11-27(12-14-28)19-9-7-17(23)8-10-19/h7-10,15,18H,2-6,11-14H2,1H3,(H,25,29). The highest BCUT2D eigenvalue weighted by Crippen LogP contribution is 2.20. The minimum absolute atomic E-state index is 0.103. The van der Waals surface area contributed by atoms with Crippen LogP contribution in [0.25, 0.3) is 0 Å². The van der Waals surface area contributed by atoms with Crippen molar-refractivity contribution in [1.29, 1.82) is 0 Å². The summed E-state index contributed by atoms with van der Waals surface area (Å²) in [6, 6.07) is 8.61. The van der Waals surface area contributed by atoms with Crippen molar-refractivity contribution in [3.05, 3.63) is 47.5 Å². The minimum Gasteiger partial charge on any atom is -0.368 e. The topological polar surface area (TPSA) is 61.4 Å². The van der Waals surface area contributed by atoms with Crippen LogP contribution in [0.1, 0.15) is 48.3 Å². The summed E-state index contributed by atoms with van der Waals surface area (Å²) in [4.78, 5) is 26.2. The second-order valence-electron chi connectivity index (χ2n) is 7.95. The summed E-state index contributed by atoms with van der Waals surface area (Å²) in [5.41, 5.74) is 2.26. The highest BCUT2D eigenvalue weighted by atomic mass is 19.1. The molecule has 4 rings (SSSR count). The molecule has 7 heteroatoms. The zero-order valence-electron chi connectivity index (χ0n) is 16.9. The molecule has 0 unspecified atom stereocenters. The number of aryl methyl sites for hydroxylation is 1. The number of rotatable bonds is 4. The van der Waals surface area contributed by atoms with E-state index in [0.29, 0.717) is 11.6 Å². The van der Waals surface area contributed by atoms with Gasteiger partial charge in [-0.05, 0) is 50.1 Å².